The van der Waals surface area contributed by atoms with Crippen LogP contribution in [0.5, 0.6) is 11.5 Å². The molecule has 1 aliphatic rings. The van der Waals surface area contributed by atoms with E-state index in [1.807, 2.05) is 48.5 Å². The van der Waals surface area contributed by atoms with Crippen LogP contribution in [0.25, 0.3) is 0 Å². The van der Waals surface area contributed by atoms with Gasteiger partial charge in [0.15, 0.2) is 0 Å². The van der Waals surface area contributed by atoms with Gasteiger partial charge in [-0.25, -0.2) is 0 Å². The summed E-state index contributed by atoms with van der Waals surface area (Å²) < 4.78 is 10.9. The summed E-state index contributed by atoms with van der Waals surface area (Å²) in [6.07, 6.45) is 2.75. The molecule has 1 N–H and O–H groups in total. The lowest BCUT2D eigenvalue weighted by molar-refractivity contribution is 0.178. The van der Waals surface area contributed by atoms with Crippen molar-refractivity contribution in [3.8, 4) is 11.5 Å². The number of hydrogen-bond acceptors (Lipinski definition) is 3. The molecule has 21 heavy (non-hydrogen) atoms. The van der Waals surface area contributed by atoms with Gasteiger partial charge >= 0.3 is 0 Å². The van der Waals surface area contributed by atoms with Crippen LogP contribution in [0.15, 0.2) is 48.5 Å². The van der Waals surface area contributed by atoms with Crippen LogP contribution in [0.1, 0.15) is 30.1 Å². The molecule has 3 nitrogen and oxygen atoms in total. The summed E-state index contributed by atoms with van der Waals surface area (Å²) in [6.45, 7) is 0. The number of hydrogen-bond donors (Lipinski definition) is 1. The van der Waals surface area contributed by atoms with E-state index in [1.165, 1.54) is 0 Å². The zero-order chi connectivity index (χ0) is 14.7. The molecule has 1 aliphatic carbocycles. The van der Waals surface area contributed by atoms with Gasteiger partial charge in [-0.1, -0.05) is 24.3 Å². The maximum absolute atomic E-state index is 10.3. The van der Waals surface area contributed by atoms with Gasteiger partial charge in [-0.3, -0.25) is 0 Å². The van der Waals surface area contributed by atoms with Gasteiger partial charge in [0, 0.05) is 6.42 Å². The SMILES string of the molecule is COc1cccc(CC(O)c2ccc(OC3CC3)cc2)c1. The standard InChI is InChI=1S/C18H20O3/c1-20-17-4-2-3-13(11-17)12-18(19)14-5-7-15(8-6-14)21-16-9-10-16/h2-8,11,16,18-19H,9-10,12H2,1H3. The molecule has 3 rings (SSSR count). The largest absolute Gasteiger partial charge is 0.497 e. The fourth-order valence-electron chi connectivity index (χ4n) is 2.29. The Hall–Kier alpha value is -2.00. The van der Waals surface area contributed by atoms with Gasteiger partial charge in [0.05, 0.1) is 19.3 Å². The summed E-state index contributed by atoms with van der Waals surface area (Å²) in [5.74, 6) is 1.70. The van der Waals surface area contributed by atoms with E-state index in [2.05, 4.69) is 0 Å². The lowest BCUT2D eigenvalue weighted by Crippen LogP contribution is -2.02. The number of aliphatic hydroxyl groups is 1. The maximum Gasteiger partial charge on any atom is 0.119 e. The smallest absolute Gasteiger partial charge is 0.119 e. The lowest BCUT2D eigenvalue weighted by Gasteiger charge is -2.13. The van der Waals surface area contributed by atoms with Crippen LogP contribution < -0.4 is 9.47 Å². The molecule has 2 aromatic carbocycles. The van der Waals surface area contributed by atoms with Crippen LogP contribution in [0.3, 0.4) is 0 Å². The Balaban J connectivity index is 1.64. The van der Waals surface area contributed by atoms with Crippen molar-refractivity contribution < 1.29 is 14.6 Å². The van der Waals surface area contributed by atoms with E-state index in [0.29, 0.717) is 12.5 Å². The average molecular weight is 284 g/mol. The van der Waals surface area contributed by atoms with E-state index in [4.69, 9.17) is 9.47 Å². The molecule has 3 heteroatoms. The van der Waals surface area contributed by atoms with Crippen molar-refractivity contribution >= 4 is 0 Å². The minimum Gasteiger partial charge on any atom is -0.497 e. The van der Waals surface area contributed by atoms with Gasteiger partial charge in [0.1, 0.15) is 11.5 Å². The summed E-state index contributed by atoms with van der Waals surface area (Å²) in [5.41, 5.74) is 1.96. The summed E-state index contributed by atoms with van der Waals surface area (Å²) in [4.78, 5) is 0. The molecule has 1 atom stereocenters. The van der Waals surface area contributed by atoms with Crippen LogP contribution in [-0.4, -0.2) is 18.3 Å². The van der Waals surface area contributed by atoms with Crippen molar-refractivity contribution in [2.75, 3.05) is 7.11 Å². The molecule has 0 aliphatic heterocycles. The Morgan fingerprint density at radius 2 is 1.86 bits per heavy atom. The van der Waals surface area contributed by atoms with Crippen LogP contribution in [0, 0.1) is 0 Å². The Bertz CT molecular complexity index is 588. The first-order valence-corrected chi connectivity index (χ1v) is 7.32. The number of ether oxygens (including phenoxy) is 2. The fraction of sp³-hybridized carbons (Fsp3) is 0.333. The van der Waals surface area contributed by atoms with Gasteiger partial charge in [-0.15, -0.1) is 0 Å². The predicted octanol–water partition coefficient (Wildman–Crippen LogP) is 3.51. The molecule has 1 saturated carbocycles. The highest BCUT2D eigenvalue weighted by Gasteiger charge is 2.23. The van der Waals surface area contributed by atoms with Crippen molar-refractivity contribution in [2.45, 2.75) is 31.5 Å². The Labute approximate surface area is 125 Å². The molecule has 0 bridgehead atoms. The molecule has 2 aromatic rings. The summed E-state index contributed by atoms with van der Waals surface area (Å²) in [7, 11) is 1.65. The molecule has 0 aromatic heterocycles. The summed E-state index contributed by atoms with van der Waals surface area (Å²) >= 11 is 0. The summed E-state index contributed by atoms with van der Waals surface area (Å²) in [5, 5.41) is 10.3. The second kappa shape index (κ2) is 6.19. The van der Waals surface area contributed by atoms with Crippen LogP contribution in [0.4, 0.5) is 0 Å². The Morgan fingerprint density at radius 1 is 1.10 bits per heavy atom. The highest BCUT2D eigenvalue weighted by atomic mass is 16.5. The minimum absolute atomic E-state index is 0.401. The van der Waals surface area contributed by atoms with E-state index >= 15 is 0 Å². The number of rotatable bonds is 6. The highest BCUT2D eigenvalue weighted by Crippen LogP contribution is 2.28. The van der Waals surface area contributed by atoms with Crippen molar-refractivity contribution in [3.05, 3.63) is 59.7 Å². The second-order valence-electron chi connectivity index (χ2n) is 5.46. The molecule has 0 spiro atoms. The van der Waals surface area contributed by atoms with Crippen molar-refractivity contribution in [1.29, 1.82) is 0 Å². The monoisotopic (exact) mass is 284 g/mol. The highest BCUT2D eigenvalue weighted by molar-refractivity contribution is 5.32. The number of aliphatic hydroxyl groups excluding tert-OH is 1. The predicted molar refractivity (Wildman–Crippen MR) is 81.7 cm³/mol. The molecule has 0 saturated heterocycles. The zero-order valence-electron chi connectivity index (χ0n) is 12.2. The van der Waals surface area contributed by atoms with E-state index in [-0.39, 0.29) is 0 Å². The average Bonchev–Trinajstić information content (AvgIpc) is 3.32. The number of benzene rings is 2. The maximum atomic E-state index is 10.3. The molecular weight excluding hydrogens is 264 g/mol. The second-order valence-corrected chi connectivity index (χ2v) is 5.46. The molecule has 0 radical (unpaired) electrons. The van der Waals surface area contributed by atoms with E-state index in [9.17, 15) is 5.11 Å². The molecule has 0 amide bonds. The molecule has 0 heterocycles. The van der Waals surface area contributed by atoms with E-state index in [0.717, 1.165) is 35.5 Å². The fourth-order valence-corrected chi connectivity index (χ4v) is 2.29. The molecule has 1 unspecified atom stereocenters. The van der Waals surface area contributed by atoms with Crippen molar-refractivity contribution in [2.24, 2.45) is 0 Å². The van der Waals surface area contributed by atoms with E-state index in [1.54, 1.807) is 7.11 Å². The third-order valence-electron chi connectivity index (χ3n) is 3.66. The quantitative estimate of drug-likeness (QED) is 0.882. The third kappa shape index (κ3) is 3.76. The van der Waals surface area contributed by atoms with E-state index < -0.39 is 6.10 Å². The Morgan fingerprint density at radius 3 is 2.52 bits per heavy atom. The first kappa shape index (κ1) is 14.0. The van der Waals surface area contributed by atoms with Crippen LogP contribution >= 0.6 is 0 Å². The molecule has 110 valence electrons. The van der Waals surface area contributed by atoms with Gasteiger partial charge in [-0.05, 0) is 48.2 Å². The summed E-state index contributed by atoms with van der Waals surface area (Å²) in [6, 6.07) is 15.5. The van der Waals surface area contributed by atoms with Crippen LogP contribution in [-0.2, 0) is 6.42 Å². The van der Waals surface area contributed by atoms with Crippen LogP contribution in [0.2, 0.25) is 0 Å². The first-order chi connectivity index (χ1) is 10.2. The van der Waals surface area contributed by atoms with Gasteiger partial charge in [0.25, 0.3) is 0 Å². The number of methoxy groups -OCH3 is 1. The Kier molecular flexibility index (Phi) is 4.11. The van der Waals surface area contributed by atoms with Gasteiger partial charge in [0.2, 0.25) is 0 Å². The van der Waals surface area contributed by atoms with Crippen molar-refractivity contribution in [1.82, 2.24) is 0 Å². The van der Waals surface area contributed by atoms with Gasteiger partial charge < -0.3 is 14.6 Å². The molecular formula is C18H20O3. The minimum atomic E-state index is -0.521. The topological polar surface area (TPSA) is 38.7 Å². The third-order valence-corrected chi connectivity index (χ3v) is 3.66. The molecule has 1 fully saturated rings. The lowest BCUT2D eigenvalue weighted by atomic mass is 10.0. The van der Waals surface area contributed by atoms with Crippen molar-refractivity contribution in [3.63, 3.8) is 0 Å². The first-order valence-electron chi connectivity index (χ1n) is 7.32. The van der Waals surface area contributed by atoms with Gasteiger partial charge in [-0.2, -0.15) is 0 Å². The normalized spacial score (nSPS) is 15.5. The zero-order valence-corrected chi connectivity index (χ0v) is 12.2.